The highest BCUT2D eigenvalue weighted by Crippen LogP contribution is 2.07. The maximum absolute atomic E-state index is 12.5. The Bertz CT molecular complexity index is 352. The first kappa shape index (κ1) is 10.6. The van der Waals surface area contributed by atoms with E-state index in [0.29, 0.717) is 5.69 Å². The summed E-state index contributed by atoms with van der Waals surface area (Å²) < 4.78 is 12.5. The van der Waals surface area contributed by atoms with Gasteiger partial charge in [0.05, 0.1) is 0 Å². The summed E-state index contributed by atoms with van der Waals surface area (Å²) in [5, 5.41) is 2.43. The summed E-state index contributed by atoms with van der Waals surface area (Å²) >= 11 is 4.58. The van der Waals surface area contributed by atoms with Gasteiger partial charge in [-0.3, -0.25) is 4.79 Å². The lowest BCUT2D eigenvalue weighted by molar-refractivity contribution is -0.110. The van der Waals surface area contributed by atoms with E-state index >= 15 is 0 Å². The van der Waals surface area contributed by atoms with Crippen LogP contribution < -0.4 is 16.6 Å². The van der Waals surface area contributed by atoms with Crippen LogP contribution in [0.15, 0.2) is 24.3 Å². The minimum Gasteiger partial charge on any atom is -0.320 e. The number of halogens is 1. The molecule has 74 valence electrons. The highest BCUT2D eigenvalue weighted by Gasteiger charge is 2.06. The van der Waals surface area contributed by atoms with Crippen molar-refractivity contribution >= 4 is 28.8 Å². The second-order valence-electron chi connectivity index (χ2n) is 2.43. The smallest absolute Gasteiger partial charge is 0.284 e. The van der Waals surface area contributed by atoms with Crippen LogP contribution in [0.3, 0.4) is 0 Å². The van der Waals surface area contributed by atoms with Crippen molar-refractivity contribution in [1.29, 1.82) is 0 Å². The number of carbonyl (C=O) groups excluding carboxylic acids is 1. The lowest BCUT2D eigenvalue weighted by atomic mass is 10.3. The highest BCUT2D eigenvalue weighted by molar-refractivity contribution is 7.82. The zero-order chi connectivity index (χ0) is 10.6. The monoisotopic (exact) mass is 213 g/mol. The molecule has 0 bridgehead atoms. The van der Waals surface area contributed by atoms with Crippen LogP contribution in [0, 0.1) is 5.82 Å². The third-order valence-corrected chi connectivity index (χ3v) is 1.74. The quantitative estimate of drug-likeness (QED) is 0.362. The number of carbonyl (C=O) groups is 1. The number of hydrazine groups is 1. The van der Waals surface area contributed by atoms with E-state index in [4.69, 9.17) is 5.84 Å². The summed E-state index contributed by atoms with van der Waals surface area (Å²) in [6.45, 7) is 0. The van der Waals surface area contributed by atoms with Crippen LogP contribution in [0.1, 0.15) is 0 Å². The van der Waals surface area contributed by atoms with E-state index in [1.54, 1.807) is 0 Å². The van der Waals surface area contributed by atoms with Crippen LogP contribution in [0.5, 0.6) is 0 Å². The largest absolute Gasteiger partial charge is 0.320 e. The van der Waals surface area contributed by atoms with Crippen molar-refractivity contribution in [2.75, 3.05) is 5.32 Å². The predicted octanol–water partition coefficient (Wildman–Crippen LogP) is 0.555. The van der Waals surface area contributed by atoms with Gasteiger partial charge >= 0.3 is 0 Å². The topological polar surface area (TPSA) is 67.1 Å². The van der Waals surface area contributed by atoms with Crippen LogP contribution >= 0.6 is 12.2 Å². The van der Waals surface area contributed by atoms with Crippen LogP contribution in [0.4, 0.5) is 10.1 Å². The molecule has 0 spiro atoms. The molecule has 0 saturated carbocycles. The first-order valence-corrected chi connectivity index (χ1v) is 4.12. The lowest BCUT2D eigenvalue weighted by Crippen LogP contribution is -2.38. The molecule has 4 N–H and O–H groups in total. The van der Waals surface area contributed by atoms with Gasteiger partial charge in [0, 0.05) is 5.69 Å². The Hall–Kier alpha value is -1.53. The van der Waals surface area contributed by atoms with E-state index in [1.165, 1.54) is 24.3 Å². The minimum absolute atomic E-state index is 0.130. The summed E-state index contributed by atoms with van der Waals surface area (Å²) in [6.07, 6.45) is 0. The number of anilines is 1. The first-order chi connectivity index (χ1) is 6.63. The van der Waals surface area contributed by atoms with Crippen molar-refractivity contribution in [2.45, 2.75) is 0 Å². The van der Waals surface area contributed by atoms with E-state index in [9.17, 15) is 9.18 Å². The summed E-state index contributed by atoms with van der Waals surface area (Å²) in [7, 11) is 0. The SMILES string of the molecule is NNC(=S)C(=O)Nc1ccc(F)cc1. The van der Waals surface area contributed by atoms with Gasteiger partial charge in [0.25, 0.3) is 5.91 Å². The number of hydrogen-bond acceptors (Lipinski definition) is 3. The molecule has 0 saturated heterocycles. The van der Waals surface area contributed by atoms with Gasteiger partial charge in [-0.05, 0) is 24.3 Å². The molecule has 14 heavy (non-hydrogen) atoms. The molecule has 0 aromatic heterocycles. The second kappa shape index (κ2) is 4.64. The molecule has 1 aromatic carbocycles. The molecule has 0 radical (unpaired) electrons. The Labute approximate surface area is 85.3 Å². The molecule has 0 unspecified atom stereocenters. The fourth-order valence-electron chi connectivity index (χ4n) is 0.787. The molecular formula is C8H8FN3OS. The molecule has 0 fully saturated rings. The second-order valence-corrected chi connectivity index (χ2v) is 2.84. The molecule has 0 heterocycles. The van der Waals surface area contributed by atoms with Gasteiger partial charge in [0.15, 0.2) is 4.99 Å². The third-order valence-electron chi connectivity index (χ3n) is 1.44. The Morgan fingerprint density at radius 3 is 2.43 bits per heavy atom. The molecule has 6 heteroatoms. The Morgan fingerprint density at radius 2 is 1.93 bits per heavy atom. The number of hydrogen-bond donors (Lipinski definition) is 3. The molecule has 0 aliphatic rings. The zero-order valence-corrected chi connectivity index (χ0v) is 7.90. The molecule has 1 aromatic rings. The maximum atomic E-state index is 12.5. The molecule has 1 amide bonds. The van der Waals surface area contributed by atoms with Crippen molar-refractivity contribution in [3.05, 3.63) is 30.1 Å². The number of amides is 1. The van der Waals surface area contributed by atoms with Crippen molar-refractivity contribution in [1.82, 2.24) is 5.43 Å². The average molecular weight is 213 g/mol. The molecule has 0 aliphatic heterocycles. The van der Waals surface area contributed by atoms with E-state index in [1.807, 2.05) is 5.43 Å². The van der Waals surface area contributed by atoms with E-state index in [0.717, 1.165) is 0 Å². The van der Waals surface area contributed by atoms with Crippen molar-refractivity contribution in [3.63, 3.8) is 0 Å². The number of thiocarbonyl (C=S) groups is 1. The number of benzene rings is 1. The van der Waals surface area contributed by atoms with Gasteiger partial charge in [0.2, 0.25) is 0 Å². The first-order valence-electron chi connectivity index (χ1n) is 3.71. The van der Waals surface area contributed by atoms with Gasteiger partial charge in [-0.1, -0.05) is 12.2 Å². The van der Waals surface area contributed by atoms with Gasteiger partial charge < -0.3 is 10.7 Å². The van der Waals surface area contributed by atoms with Gasteiger partial charge in [-0.15, -0.1) is 0 Å². The average Bonchev–Trinajstić information content (AvgIpc) is 2.20. The van der Waals surface area contributed by atoms with Crippen LogP contribution in [-0.4, -0.2) is 10.9 Å². The van der Waals surface area contributed by atoms with Gasteiger partial charge in [0.1, 0.15) is 5.82 Å². The predicted molar refractivity (Wildman–Crippen MR) is 55.0 cm³/mol. The van der Waals surface area contributed by atoms with E-state index < -0.39 is 5.91 Å². The van der Waals surface area contributed by atoms with Gasteiger partial charge in [-0.25, -0.2) is 10.2 Å². The highest BCUT2D eigenvalue weighted by atomic mass is 32.1. The van der Waals surface area contributed by atoms with Gasteiger partial charge in [-0.2, -0.15) is 0 Å². The summed E-state index contributed by atoms with van der Waals surface area (Å²) in [5.74, 6) is 4.03. The third kappa shape index (κ3) is 2.75. The molecule has 4 nitrogen and oxygen atoms in total. The summed E-state index contributed by atoms with van der Waals surface area (Å²) in [4.78, 5) is 11.0. The lowest BCUT2D eigenvalue weighted by Gasteiger charge is -2.04. The van der Waals surface area contributed by atoms with E-state index in [-0.39, 0.29) is 10.8 Å². The molecular weight excluding hydrogens is 205 g/mol. The van der Waals surface area contributed by atoms with E-state index in [2.05, 4.69) is 17.5 Å². The minimum atomic E-state index is -0.533. The standard InChI is InChI=1S/C8H8FN3OS/c9-5-1-3-6(4-2-5)11-7(13)8(14)12-10/h1-4H,10H2,(H,11,13)(H,12,14). The Kier molecular flexibility index (Phi) is 3.49. The van der Waals surface area contributed by atoms with Crippen LogP contribution in [0.2, 0.25) is 0 Å². The number of nitrogens with two attached hydrogens (primary N) is 1. The molecule has 1 rings (SSSR count). The fourth-order valence-corrected chi connectivity index (χ4v) is 0.838. The zero-order valence-electron chi connectivity index (χ0n) is 7.08. The Balaban J connectivity index is 2.65. The maximum Gasteiger partial charge on any atom is 0.284 e. The Morgan fingerprint density at radius 1 is 1.36 bits per heavy atom. The van der Waals surface area contributed by atoms with Crippen LogP contribution in [-0.2, 0) is 4.79 Å². The molecule has 0 aliphatic carbocycles. The van der Waals surface area contributed by atoms with Crippen LogP contribution in [0.25, 0.3) is 0 Å². The normalized spacial score (nSPS) is 9.29. The van der Waals surface area contributed by atoms with Crippen molar-refractivity contribution < 1.29 is 9.18 Å². The van der Waals surface area contributed by atoms with Crippen molar-refractivity contribution in [3.8, 4) is 0 Å². The van der Waals surface area contributed by atoms with Crippen molar-refractivity contribution in [2.24, 2.45) is 5.84 Å². The number of nitrogens with one attached hydrogen (secondary N) is 2. The molecule has 0 atom stereocenters. The number of rotatable bonds is 1. The summed E-state index contributed by atoms with van der Waals surface area (Å²) in [5.41, 5.74) is 2.49. The fraction of sp³-hybridized carbons (Fsp3) is 0. The summed E-state index contributed by atoms with van der Waals surface area (Å²) in [6, 6.07) is 5.31.